The van der Waals surface area contributed by atoms with E-state index in [4.69, 9.17) is 14.3 Å². The van der Waals surface area contributed by atoms with E-state index in [1.54, 1.807) is 0 Å². The van der Waals surface area contributed by atoms with Crippen molar-refractivity contribution < 1.29 is 19.1 Å². The summed E-state index contributed by atoms with van der Waals surface area (Å²) in [4.78, 5) is 12.9. The molecule has 0 bridgehead atoms. The Bertz CT molecular complexity index is 346. The molecule has 0 amide bonds. The van der Waals surface area contributed by atoms with Crippen LogP contribution in [0.5, 0.6) is 0 Å². The molecule has 0 radical (unpaired) electrons. The number of ether oxygens (including phenoxy) is 1. The van der Waals surface area contributed by atoms with E-state index in [0.717, 1.165) is 13.1 Å². The predicted molar refractivity (Wildman–Crippen MR) is 59.0 cm³/mol. The van der Waals surface area contributed by atoms with Gasteiger partial charge in [-0.05, 0) is 6.07 Å². The zero-order valence-electron chi connectivity index (χ0n) is 8.72. The van der Waals surface area contributed by atoms with Crippen molar-refractivity contribution in [2.75, 3.05) is 26.3 Å². The molecule has 1 saturated heterocycles. The van der Waals surface area contributed by atoms with Crippen molar-refractivity contribution in [3.8, 4) is 0 Å². The molecule has 1 aliphatic rings. The van der Waals surface area contributed by atoms with E-state index in [1.165, 1.54) is 12.3 Å². The van der Waals surface area contributed by atoms with Crippen molar-refractivity contribution in [2.24, 2.45) is 0 Å². The highest BCUT2D eigenvalue weighted by molar-refractivity contribution is 5.88. The smallest absolute Gasteiger partial charge is 0.339 e. The summed E-state index contributed by atoms with van der Waals surface area (Å²) in [6.07, 6.45) is 1.42. The molecule has 0 atom stereocenters. The maximum atomic E-state index is 10.8. The average molecular weight is 248 g/mol. The molecule has 0 spiro atoms. The highest BCUT2D eigenvalue weighted by atomic mass is 35.5. The van der Waals surface area contributed by atoms with E-state index in [-0.39, 0.29) is 18.0 Å². The summed E-state index contributed by atoms with van der Waals surface area (Å²) in [5, 5.41) is 8.88. The quantitative estimate of drug-likeness (QED) is 0.871. The summed E-state index contributed by atoms with van der Waals surface area (Å²) in [5.74, 6) is -0.420. The predicted octanol–water partition coefficient (Wildman–Crippen LogP) is 1.23. The van der Waals surface area contributed by atoms with Gasteiger partial charge in [-0.3, -0.25) is 4.90 Å². The Hall–Kier alpha value is -1.04. The molecular formula is C10H14ClNO4. The topological polar surface area (TPSA) is 62.9 Å². The molecule has 1 aliphatic heterocycles. The van der Waals surface area contributed by atoms with Crippen LogP contribution in [0.1, 0.15) is 16.1 Å². The standard InChI is InChI=1S/C10H13NO4.ClH/c12-10(13)8-1-4-15-9(8)7-11-2-5-14-6-3-11;/h1,4H,2-3,5-7H2,(H,12,13);1H. The minimum atomic E-state index is -0.938. The molecule has 16 heavy (non-hydrogen) atoms. The van der Waals surface area contributed by atoms with Gasteiger partial charge in [-0.1, -0.05) is 0 Å². The fraction of sp³-hybridized carbons (Fsp3) is 0.500. The first-order valence-corrected chi connectivity index (χ1v) is 4.87. The molecule has 0 aliphatic carbocycles. The number of furan rings is 1. The van der Waals surface area contributed by atoms with Crippen LogP contribution in [0.3, 0.4) is 0 Å². The van der Waals surface area contributed by atoms with Gasteiger partial charge in [0.1, 0.15) is 11.3 Å². The Morgan fingerprint density at radius 3 is 2.75 bits per heavy atom. The summed E-state index contributed by atoms with van der Waals surface area (Å²) < 4.78 is 10.4. The second-order valence-corrected chi connectivity index (χ2v) is 3.45. The normalized spacial score (nSPS) is 16.8. The molecule has 0 saturated carbocycles. The van der Waals surface area contributed by atoms with Crippen LogP contribution in [-0.4, -0.2) is 42.3 Å². The van der Waals surface area contributed by atoms with Crippen molar-refractivity contribution >= 4 is 18.4 Å². The number of morpholine rings is 1. The summed E-state index contributed by atoms with van der Waals surface area (Å²) in [5.41, 5.74) is 0.251. The van der Waals surface area contributed by atoms with Crippen LogP contribution in [-0.2, 0) is 11.3 Å². The van der Waals surface area contributed by atoms with Gasteiger partial charge in [0, 0.05) is 13.1 Å². The molecule has 5 nitrogen and oxygen atoms in total. The number of halogens is 1. The van der Waals surface area contributed by atoms with Crippen LogP contribution in [0, 0.1) is 0 Å². The summed E-state index contributed by atoms with van der Waals surface area (Å²) in [7, 11) is 0. The minimum absolute atomic E-state index is 0. The zero-order chi connectivity index (χ0) is 10.7. The molecule has 0 aromatic carbocycles. The maximum absolute atomic E-state index is 10.8. The van der Waals surface area contributed by atoms with Crippen LogP contribution < -0.4 is 0 Å². The molecule has 90 valence electrons. The van der Waals surface area contributed by atoms with Crippen molar-refractivity contribution in [1.82, 2.24) is 4.90 Å². The molecule has 1 aromatic heterocycles. The fourth-order valence-corrected chi connectivity index (χ4v) is 1.62. The molecule has 1 fully saturated rings. The van der Waals surface area contributed by atoms with Gasteiger partial charge in [-0.25, -0.2) is 4.79 Å². The largest absolute Gasteiger partial charge is 0.478 e. The van der Waals surface area contributed by atoms with E-state index < -0.39 is 5.97 Å². The first-order valence-electron chi connectivity index (χ1n) is 4.87. The Kier molecular flexibility index (Phi) is 4.79. The number of hydrogen-bond donors (Lipinski definition) is 1. The van der Waals surface area contributed by atoms with Gasteiger partial charge in [0.25, 0.3) is 0 Å². The number of hydrogen-bond acceptors (Lipinski definition) is 4. The third kappa shape index (κ3) is 2.98. The number of aromatic carboxylic acids is 1. The Morgan fingerprint density at radius 2 is 2.12 bits per heavy atom. The van der Waals surface area contributed by atoms with Gasteiger partial charge in [0.2, 0.25) is 0 Å². The summed E-state index contributed by atoms with van der Waals surface area (Å²) in [6.45, 7) is 3.57. The lowest BCUT2D eigenvalue weighted by Gasteiger charge is -2.25. The van der Waals surface area contributed by atoms with Gasteiger partial charge in [0.05, 0.1) is 26.0 Å². The van der Waals surface area contributed by atoms with Crippen molar-refractivity contribution in [3.63, 3.8) is 0 Å². The van der Waals surface area contributed by atoms with Crippen LogP contribution in [0.15, 0.2) is 16.7 Å². The summed E-state index contributed by atoms with van der Waals surface area (Å²) >= 11 is 0. The van der Waals surface area contributed by atoms with Crippen molar-refractivity contribution in [1.29, 1.82) is 0 Å². The number of carbonyl (C=O) groups is 1. The maximum Gasteiger partial charge on any atom is 0.339 e. The highest BCUT2D eigenvalue weighted by Crippen LogP contribution is 2.14. The molecular weight excluding hydrogens is 234 g/mol. The lowest BCUT2D eigenvalue weighted by Crippen LogP contribution is -2.35. The van der Waals surface area contributed by atoms with Crippen LogP contribution in [0.4, 0.5) is 0 Å². The number of carboxylic acid groups (broad SMARTS) is 1. The number of carboxylic acids is 1. The summed E-state index contributed by atoms with van der Waals surface area (Å²) in [6, 6.07) is 1.48. The van der Waals surface area contributed by atoms with Crippen molar-refractivity contribution in [3.05, 3.63) is 23.7 Å². The third-order valence-corrected chi connectivity index (χ3v) is 2.45. The second kappa shape index (κ2) is 5.89. The van der Waals surface area contributed by atoms with E-state index >= 15 is 0 Å². The van der Waals surface area contributed by atoms with Gasteiger partial charge in [-0.2, -0.15) is 0 Å². The van der Waals surface area contributed by atoms with E-state index in [2.05, 4.69) is 4.90 Å². The monoisotopic (exact) mass is 247 g/mol. The molecule has 2 rings (SSSR count). The fourth-order valence-electron chi connectivity index (χ4n) is 1.62. The Labute approximate surface area is 99.4 Å². The molecule has 1 aromatic rings. The number of nitrogens with zero attached hydrogens (tertiary/aromatic N) is 1. The third-order valence-electron chi connectivity index (χ3n) is 2.45. The van der Waals surface area contributed by atoms with Crippen molar-refractivity contribution in [2.45, 2.75) is 6.54 Å². The zero-order valence-corrected chi connectivity index (χ0v) is 9.53. The van der Waals surface area contributed by atoms with E-state index in [9.17, 15) is 4.79 Å². The second-order valence-electron chi connectivity index (χ2n) is 3.45. The Morgan fingerprint density at radius 1 is 1.44 bits per heavy atom. The van der Waals surface area contributed by atoms with Gasteiger partial charge in [0.15, 0.2) is 0 Å². The number of rotatable bonds is 3. The van der Waals surface area contributed by atoms with Crippen LogP contribution in [0.25, 0.3) is 0 Å². The molecule has 1 N–H and O–H groups in total. The van der Waals surface area contributed by atoms with Gasteiger partial charge in [-0.15, -0.1) is 12.4 Å². The van der Waals surface area contributed by atoms with Gasteiger partial charge >= 0.3 is 5.97 Å². The molecule has 2 heterocycles. The molecule has 0 unspecified atom stereocenters. The first kappa shape index (κ1) is 13.0. The lowest BCUT2D eigenvalue weighted by molar-refractivity contribution is 0.0310. The Balaban J connectivity index is 0.00000128. The minimum Gasteiger partial charge on any atom is -0.478 e. The lowest BCUT2D eigenvalue weighted by atomic mass is 10.2. The SMILES string of the molecule is Cl.O=C(O)c1ccoc1CN1CCOCC1. The molecule has 6 heteroatoms. The van der Waals surface area contributed by atoms with Crippen LogP contribution >= 0.6 is 12.4 Å². The van der Waals surface area contributed by atoms with E-state index in [1.807, 2.05) is 0 Å². The highest BCUT2D eigenvalue weighted by Gasteiger charge is 2.18. The first-order chi connectivity index (χ1) is 7.27. The average Bonchev–Trinajstić information content (AvgIpc) is 2.67. The van der Waals surface area contributed by atoms with E-state index in [0.29, 0.717) is 25.5 Å². The van der Waals surface area contributed by atoms with Gasteiger partial charge < -0.3 is 14.3 Å². The van der Waals surface area contributed by atoms with Crippen LogP contribution in [0.2, 0.25) is 0 Å².